The highest BCUT2D eigenvalue weighted by Gasteiger charge is 2.13. The topological polar surface area (TPSA) is 109 Å². The number of carbonyl (C=O) groups excluding carboxylic acids is 3. The molecule has 0 aliphatic rings. The molecule has 0 fully saturated rings. The molecule has 180 valence electrons. The molecule has 3 aromatic rings. The number of nitrogens with zero attached hydrogens (tertiary/aromatic N) is 1. The highest BCUT2D eigenvalue weighted by Crippen LogP contribution is 2.22. The first-order valence-corrected chi connectivity index (χ1v) is 11.1. The van der Waals surface area contributed by atoms with Crippen molar-refractivity contribution in [3.63, 3.8) is 0 Å². The maximum Gasteiger partial charge on any atom is 0.329 e. The van der Waals surface area contributed by atoms with E-state index in [0.717, 1.165) is 16.7 Å². The minimum atomic E-state index is -0.944. The molecule has 0 atom stereocenters. The second-order valence-corrected chi connectivity index (χ2v) is 8.28. The van der Waals surface area contributed by atoms with Crippen molar-refractivity contribution in [3.05, 3.63) is 87.9 Å². The average Bonchev–Trinajstić information content (AvgIpc) is 2.81. The van der Waals surface area contributed by atoms with Gasteiger partial charge in [-0.1, -0.05) is 29.8 Å². The molecule has 0 aliphatic carbocycles. The van der Waals surface area contributed by atoms with Crippen LogP contribution >= 0.6 is 11.6 Å². The van der Waals surface area contributed by atoms with Crippen LogP contribution in [0.2, 0.25) is 5.02 Å². The maximum absolute atomic E-state index is 12.3. The van der Waals surface area contributed by atoms with Crippen molar-refractivity contribution in [2.24, 2.45) is 5.10 Å². The van der Waals surface area contributed by atoms with Crippen molar-refractivity contribution >= 4 is 46.9 Å². The molecule has 9 heteroatoms. The number of hydrogen-bond acceptors (Lipinski definition) is 5. The molecule has 3 amide bonds. The van der Waals surface area contributed by atoms with E-state index in [2.05, 4.69) is 21.2 Å². The summed E-state index contributed by atoms with van der Waals surface area (Å²) in [6, 6.07) is 17.4. The Hall–Kier alpha value is -4.17. The Morgan fingerprint density at radius 3 is 2.40 bits per heavy atom. The first-order chi connectivity index (χ1) is 16.7. The number of benzene rings is 3. The van der Waals surface area contributed by atoms with Gasteiger partial charge >= 0.3 is 11.8 Å². The number of carbonyl (C=O) groups is 3. The second kappa shape index (κ2) is 11.8. The van der Waals surface area contributed by atoms with Crippen molar-refractivity contribution < 1.29 is 19.1 Å². The van der Waals surface area contributed by atoms with Gasteiger partial charge < -0.3 is 15.4 Å². The third-order valence-corrected chi connectivity index (χ3v) is 5.21. The summed E-state index contributed by atoms with van der Waals surface area (Å²) < 4.78 is 5.62. The number of hydrazone groups is 1. The molecule has 8 nitrogen and oxygen atoms in total. The molecule has 0 aliphatic heterocycles. The lowest BCUT2D eigenvalue weighted by Crippen LogP contribution is -2.32. The number of halogens is 1. The van der Waals surface area contributed by atoms with Crippen LogP contribution in [0.15, 0.2) is 65.8 Å². The van der Waals surface area contributed by atoms with Gasteiger partial charge in [0.05, 0.1) is 6.21 Å². The monoisotopic (exact) mass is 492 g/mol. The molecule has 0 unspecified atom stereocenters. The lowest BCUT2D eigenvalue weighted by molar-refractivity contribution is -0.136. The van der Waals surface area contributed by atoms with Crippen LogP contribution < -0.4 is 20.8 Å². The van der Waals surface area contributed by atoms with Gasteiger partial charge in [-0.25, -0.2) is 5.43 Å². The van der Waals surface area contributed by atoms with E-state index in [4.69, 9.17) is 16.3 Å². The molecule has 0 saturated carbocycles. The summed E-state index contributed by atoms with van der Waals surface area (Å²) >= 11 is 6.06. The molecule has 3 rings (SSSR count). The first kappa shape index (κ1) is 25.5. The molecule has 0 aromatic heterocycles. The largest absolute Gasteiger partial charge is 0.483 e. The van der Waals surface area contributed by atoms with Gasteiger partial charge in [0.1, 0.15) is 5.75 Å². The van der Waals surface area contributed by atoms with Gasteiger partial charge in [0.2, 0.25) is 0 Å². The number of aryl methyl sites for hydroxylation is 3. The summed E-state index contributed by atoms with van der Waals surface area (Å²) in [4.78, 5) is 36.4. The van der Waals surface area contributed by atoms with E-state index in [9.17, 15) is 14.4 Å². The molecular formula is C26H25ClN4O4. The zero-order chi connectivity index (χ0) is 25.4. The fourth-order valence-electron chi connectivity index (χ4n) is 3.03. The third kappa shape index (κ3) is 7.68. The van der Waals surface area contributed by atoms with Crippen molar-refractivity contribution in [2.45, 2.75) is 20.8 Å². The Labute approximate surface area is 208 Å². The van der Waals surface area contributed by atoms with E-state index in [1.54, 1.807) is 36.4 Å². The molecule has 0 bridgehead atoms. The molecule has 0 saturated heterocycles. The number of amides is 3. The molecule has 0 heterocycles. The van der Waals surface area contributed by atoms with Crippen LogP contribution in [0.5, 0.6) is 5.75 Å². The summed E-state index contributed by atoms with van der Waals surface area (Å²) in [7, 11) is 0. The quantitative estimate of drug-likeness (QED) is 0.258. The lowest BCUT2D eigenvalue weighted by atomic mass is 10.1. The highest BCUT2D eigenvalue weighted by atomic mass is 35.5. The van der Waals surface area contributed by atoms with Crippen LogP contribution in [-0.2, 0) is 14.4 Å². The Kier molecular flexibility index (Phi) is 8.58. The molecule has 0 radical (unpaired) electrons. The molecular weight excluding hydrogens is 468 g/mol. The highest BCUT2D eigenvalue weighted by molar-refractivity contribution is 6.39. The van der Waals surface area contributed by atoms with Crippen LogP contribution in [0.25, 0.3) is 0 Å². The van der Waals surface area contributed by atoms with Gasteiger partial charge in [0, 0.05) is 22.0 Å². The zero-order valence-electron chi connectivity index (χ0n) is 19.5. The van der Waals surface area contributed by atoms with Crippen LogP contribution in [0.3, 0.4) is 0 Å². The standard InChI is InChI=1S/C26H25ClN4O4/c1-16-5-4-6-21(11-16)30-25(33)26(34)31-28-14-19-13-20(27)8-10-23(19)35-15-24(32)29-22-9-7-17(2)18(3)12-22/h4-14H,15H2,1-3H3,(H,29,32)(H,30,33)(H,31,34)/b28-14-. The molecule has 0 spiro atoms. The van der Waals surface area contributed by atoms with Crippen molar-refractivity contribution in [2.75, 3.05) is 17.2 Å². The number of rotatable bonds is 7. The van der Waals surface area contributed by atoms with Crippen LogP contribution in [0, 0.1) is 20.8 Å². The van der Waals surface area contributed by atoms with E-state index in [1.807, 2.05) is 45.0 Å². The van der Waals surface area contributed by atoms with Gasteiger partial charge in [-0.05, 0) is 79.9 Å². The normalized spacial score (nSPS) is 10.6. The fraction of sp³-hybridized carbons (Fsp3) is 0.154. The molecule has 35 heavy (non-hydrogen) atoms. The summed E-state index contributed by atoms with van der Waals surface area (Å²) in [6.45, 7) is 5.58. The smallest absolute Gasteiger partial charge is 0.329 e. The minimum absolute atomic E-state index is 0.249. The van der Waals surface area contributed by atoms with E-state index in [1.165, 1.54) is 6.21 Å². The van der Waals surface area contributed by atoms with Gasteiger partial charge in [0.15, 0.2) is 6.61 Å². The Bertz CT molecular complexity index is 1290. The second-order valence-electron chi connectivity index (χ2n) is 7.84. The fourth-order valence-corrected chi connectivity index (χ4v) is 3.21. The number of nitrogens with one attached hydrogen (secondary N) is 3. The van der Waals surface area contributed by atoms with E-state index in [0.29, 0.717) is 27.7 Å². The Balaban J connectivity index is 1.58. The van der Waals surface area contributed by atoms with Crippen molar-refractivity contribution in [1.82, 2.24) is 5.43 Å². The Morgan fingerprint density at radius 2 is 1.66 bits per heavy atom. The molecule has 3 aromatic carbocycles. The average molecular weight is 493 g/mol. The summed E-state index contributed by atoms with van der Waals surface area (Å²) in [5, 5.41) is 9.49. The summed E-state index contributed by atoms with van der Waals surface area (Å²) in [5.41, 5.74) is 6.88. The summed E-state index contributed by atoms with van der Waals surface area (Å²) in [6.07, 6.45) is 1.28. The Morgan fingerprint density at radius 1 is 0.886 bits per heavy atom. The van der Waals surface area contributed by atoms with Gasteiger partial charge in [-0.3, -0.25) is 14.4 Å². The zero-order valence-corrected chi connectivity index (χ0v) is 20.3. The predicted octanol–water partition coefficient (Wildman–Crippen LogP) is 4.37. The SMILES string of the molecule is Cc1cccc(NC(=O)C(=O)N/N=C\c2cc(Cl)ccc2OCC(=O)Nc2ccc(C)c(C)c2)c1. The minimum Gasteiger partial charge on any atom is -0.483 e. The predicted molar refractivity (Wildman–Crippen MR) is 137 cm³/mol. The first-order valence-electron chi connectivity index (χ1n) is 10.7. The number of anilines is 2. The number of ether oxygens (including phenoxy) is 1. The number of hydrogen-bond donors (Lipinski definition) is 3. The van der Waals surface area contributed by atoms with E-state index < -0.39 is 11.8 Å². The molecule has 3 N–H and O–H groups in total. The lowest BCUT2D eigenvalue weighted by Gasteiger charge is -2.11. The van der Waals surface area contributed by atoms with Crippen molar-refractivity contribution in [3.8, 4) is 5.75 Å². The van der Waals surface area contributed by atoms with Crippen LogP contribution in [0.4, 0.5) is 11.4 Å². The van der Waals surface area contributed by atoms with E-state index >= 15 is 0 Å². The van der Waals surface area contributed by atoms with Gasteiger partial charge in [-0.15, -0.1) is 0 Å². The van der Waals surface area contributed by atoms with E-state index in [-0.39, 0.29) is 12.5 Å². The van der Waals surface area contributed by atoms with Gasteiger partial charge in [-0.2, -0.15) is 5.10 Å². The van der Waals surface area contributed by atoms with Crippen molar-refractivity contribution in [1.29, 1.82) is 0 Å². The summed E-state index contributed by atoms with van der Waals surface area (Å²) in [5.74, 6) is -1.82. The third-order valence-electron chi connectivity index (χ3n) is 4.97. The van der Waals surface area contributed by atoms with Gasteiger partial charge in [0.25, 0.3) is 5.91 Å². The van der Waals surface area contributed by atoms with Crippen LogP contribution in [0.1, 0.15) is 22.3 Å². The van der Waals surface area contributed by atoms with Crippen LogP contribution in [-0.4, -0.2) is 30.5 Å². The maximum atomic E-state index is 12.3.